The predicted octanol–water partition coefficient (Wildman–Crippen LogP) is -1.39. The van der Waals surface area contributed by atoms with Crippen LogP contribution >= 0.6 is 0 Å². The molecule has 1 amide bonds. The molecule has 2 aliphatic heterocycles. The van der Waals surface area contributed by atoms with Crippen molar-refractivity contribution in [1.29, 1.82) is 0 Å². The number of hydrogen-bond donors (Lipinski definition) is 6. The molecule has 0 aromatic heterocycles. The summed E-state index contributed by atoms with van der Waals surface area (Å²) in [7, 11) is 1.22. The smallest absolute Gasteiger partial charge is 0.333 e. The van der Waals surface area contributed by atoms with Gasteiger partial charge in [0.15, 0.2) is 6.04 Å². The summed E-state index contributed by atoms with van der Waals surface area (Å²) in [6.45, 7) is -1.23. The number of benzene rings is 1. The Hall–Kier alpha value is -2.12. The molecule has 194 valence electrons. The van der Waals surface area contributed by atoms with E-state index in [1.54, 1.807) is 30.3 Å². The monoisotopic (exact) mass is 495 g/mol. The first-order chi connectivity index (χ1) is 16.7. The average molecular weight is 496 g/mol. The number of hydrogen-bond acceptors (Lipinski definition) is 10. The number of aliphatic hydroxyl groups is 5. The summed E-state index contributed by atoms with van der Waals surface area (Å²) in [4.78, 5) is 25.5. The number of aliphatic hydroxyl groups excluding tert-OH is 4. The number of carbonyl (C=O) groups excluding carboxylic acids is 2. The van der Waals surface area contributed by atoms with Gasteiger partial charge in [-0.3, -0.25) is 4.79 Å². The Balaban J connectivity index is 1.53. The Bertz CT molecular complexity index is 915. The second kappa shape index (κ2) is 10.1. The molecule has 0 radical (unpaired) electrons. The van der Waals surface area contributed by atoms with Crippen LogP contribution in [0.2, 0.25) is 0 Å². The fraction of sp³-hybridized carbons (Fsp3) is 0.667. The highest BCUT2D eigenvalue weighted by Crippen LogP contribution is 2.54. The van der Waals surface area contributed by atoms with Gasteiger partial charge >= 0.3 is 5.97 Å². The average Bonchev–Trinajstić information content (AvgIpc) is 3.10. The Labute approximate surface area is 202 Å². The van der Waals surface area contributed by atoms with Gasteiger partial charge < -0.3 is 45.1 Å². The van der Waals surface area contributed by atoms with Gasteiger partial charge in [-0.25, -0.2) is 4.79 Å². The van der Waals surface area contributed by atoms with E-state index in [4.69, 9.17) is 14.2 Å². The highest BCUT2D eigenvalue weighted by atomic mass is 16.7. The zero-order valence-electron chi connectivity index (χ0n) is 19.4. The number of fused-ring (bicyclic) bond motifs is 1. The van der Waals surface area contributed by atoms with E-state index >= 15 is 0 Å². The van der Waals surface area contributed by atoms with E-state index in [1.807, 2.05) is 0 Å². The number of esters is 1. The largest absolute Gasteiger partial charge is 0.467 e. The summed E-state index contributed by atoms with van der Waals surface area (Å²) < 4.78 is 16.7. The first-order valence-corrected chi connectivity index (χ1v) is 11.7. The maximum Gasteiger partial charge on any atom is 0.333 e. The van der Waals surface area contributed by atoms with Crippen LogP contribution < -0.4 is 5.32 Å². The number of nitrogens with one attached hydrogen (secondary N) is 1. The number of carbonyl (C=O) groups is 2. The van der Waals surface area contributed by atoms with Crippen LogP contribution in [0.1, 0.15) is 30.9 Å². The molecule has 11 nitrogen and oxygen atoms in total. The van der Waals surface area contributed by atoms with Crippen LogP contribution in [-0.4, -0.2) is 94.0 Å². The van der Waals surface area contributed by atoms with Crippen molar-refractivity contribution in [3.05, 3.63) is 35.9 Å². The normalized spacial score (nSPS) is 39.6. The summed E-state index contributed by atoms with van der Waals surface area (Å²) in [5.74, 6) is -5.26. The molecule has 0 unspecified atom stereocenters. The SMILES string of the molecule is COC(=O)[C@@H](NC(=O)[C@H]1C[C@@H](O)[C@H]2[C@@H](C1)O[C@@]1(C[C@H](O)[C@H](CO)CO1)[C@]2(O)CO)c1ccccc1. The van der Waals surface area contributed by atoms with Crippen LogP contribution in [0.25, 0.3) is 0 Å². The van der Waals surface area contributed by atoms with Crippen molar-refractivity contribution in [1.82, 2.24) is 5.32 Å². The summed E-state index contributed by atoms with van der Waals surface area (Å²) in [5.41, 5.74) is -1.49. The summed E-state index contributed by atoms with van der Waals surface area (Å²) in [6.07, 6.45) is -3.33. The fourth-order valence-corrected chi connectivity index (χ4v) is 5.71. The number of ether oxygens (including phenoxy) is 3. The first kappa shape index (κ1) is 26.0. The Morgan fingerprint density at radius 2 is 1.89 bits per heavy atom. The lowest BCUT2D eigenvalue weighted by Crippen LogP contribution is -2.64. The van der Waals surface area contributed by atoms with Gasteiger partial charge in [0.1, 0.15) is 5.60 Å². The van der Waals surface area contributed by atoms with E-state index in [0.29, 0.717) is 5.56 Å². The molecular weight excluding hydrogens is 462 g/mol. The summed E-state index contributed by atoms with van der Waals surface area (Å²) in [5, 5.41) is 55.1. The minimum absolute atomic E-state index is 0.0424. The molecule has 2 saturated heterocycles. The minimum Gasteiger partial charge on any atom is -0.467 e. The predicted molar refractivity (Wildman–Crippen MR) is 118 cm³/mol. The molecule has 1 aliphatic carbocycles. The lowest BCUT2D eigenvalue weighted by molar-refractivity contribution is -0.335. The molecule has 1 aromatic rings. The summed E-state index contributed by atoms with van der Waals surface area (Å²) in [6, 6.07) is 7.57. The van der Waals surface area contributed by atoms with Crippen molar-refractivity contribution in [2.24, 2.45) is 17.8 Å². The third kappa shape index (κ3) is 4.46. The zero-order chi connectivity index (χ0) is 25.4. The van der Waals surface area contributed by atoms with Crippen molar-refractivity contribution in [3.63, 3.8) is 0 Å². The van der Waals surface area contributed by atoms with E-state index in [9.17, 15) is 35.1 Å². The molecule has 6 N–H and O–H groups in total. The quantitative estimate of drug-likeness (QED) is 0.258. The molecule has 35 heavy (non-hydrogen) atoms. The number of rotatable bonds is 6. The highest BCUT2D eigenvalue weighted by molar-refractivity contribution is 5.86. The maximum atomic E-state index is 13.2. The van der Waals surface area contributed by atoms with Crippen LogP contribution in [-0.2, 0) is 23.8 Å². The van der Waals surface area contributed by atoms with Gasteiger partial charge in [0.05, 0.1) is 45.2 Å². The molecule has 1 saturated carbocycles. The molecule has 1 spiro atoms. The van der Waals surface area contributed by atoms with Crippen molar-refractivity contribution in [2.45, 2.75) is 55.0 Å². The van der Waals surface area contributed by atoms with Crippen LogP contribution in [0.3, 0.4) is 0 Å². The van der Waals surface area contributed by atoms with Crippen LogP contribution in [0, 0.1) is 17.8 Å². The lowest BCUT2D eigenvalue weighted by atomic mass is 9.68. The lowest BCUT2D eigenvalue weighted by Gasteiger charge is -2.47. The van der Waals surface area contributed by atoms with E-state index < -0.39 is 72.0 Å². The van der Waals surface area contributed by atoms with Crippen molar-refractivity contribution in [3.8, 4) is 0 Å². The van der Waals surface area contributed by atoms with E-state index in [2.05, 4.69) is 5.32 Å². The number of methoxy groups -OCH3 is 1. The Kier molecular flexibility index (Phi) is 7.49. The van der Waals surface area contributed by atoms with E-state index in [0.717, 1.165) is 0 Å². The fourth-order valence-electron chi connectivity index (χ4n) is 5.71. The van der Waals surface area contributed by atoms with Crippen LogP contribution in [0.5, 0.6) is 0 Å². The van der Waals surface area contributed by atoms with Crippen molar-refractivity contribution in [2.75, 3.05) is 26.9 Å². The molecule has 0 bridgehead atoms. The van der Waals surface area contributed by atoms with Gasteiger partial charge in [-0.05, 0) is 18.4 Å². The molecule has 4 rings (SSSR count). The summed E-state index contributed by atoms with van der Waals surface area (Å²) >= 11 is 0. The van der Waals surface area contributed by atoms with E-state index in [1.165, 1.54) is 7.11 Å². The molecule has 2 heterocycles. The molecular formula is C24H33NO10. The second-order valence-corrected chi connectivity index (χ2v) is 9.65. The Morgan fingerprint density at radius 3 is 2.49 bits per heavy atom. The molecule has 11 heteroatoms. The van der Waals surface area contributed by atoms with Gasteiger partial charge in [-0.1, -0.05) is 30.3 Å². The Morgan fingerprint density at radius 1 is 1.17 bits per heavy atom. The first-order valence-electron chi connectivity index (χ1n) is 11.7. The van der Waals surface area contributed by atoms with Crippen LogP contribution in [0.4, 0.5) is 0 Å². The molecule has 3 aliphatic rings. The zero-order valence-corrected chi connectivity index (χ0v) is 19.4. The second-order valence-electron chi connectivity index (χ2n) is 9.65. The molecule has 3 fully saturated rings. The van der Waals surface area contributed by atoms with Crippen LogP contribution in [0.15, 0.2) is 30.3 Å². The minimum atomic E-state index is -2.03. The van der Waals surface area contributed by atoms with Gasteiger partial charge in [0.2, 0.25) is 11.7 Å². The van der Waals surface area contributed by atoms with E-state index in [-0.39, 0.29) is 32.5 Å². The van der Waals surface area contributed by atoms with Gasteiger partial charge in [0, 0.05) is 24.2 Å². The van der Waals surface area contributed by atoms with Crippen molar-refractivity contribution >= 4 is 11.9 Å². The van der Waals surface area contributed by atoms with Gasteiger partial charge in [0.25, 0.3) is 0 Å². The maximum absolute atomic E-state index is 13.2. The topological polar surface area (TPSA) is 175 Å². The third-order valence-corrected chi connectivity index (χ3v) is 7.67. The standard InChI is InChI=1S/C24H33NO10/c1-33-22(31)20(13-5-3-2-4-6-13)25-21(30)14-7-16(28)19-18(8-14)35-24(23(19,32)12-27)9-17(29)15(10-26)11-34-24/h2-6,14-20,26-29,32H,7-12H2,1H3,(H,25,30)/t14-,15+,16+,17-,18+,19-,20-,23-,24-/m0/s1. The van der Waals surface area contributed by atoms with Crippen molar-refractivity contribution < 1.29 is 49.3 Å². The number of amides is 1. The molecule has 1 aromatic carbocycles. The third-order valence-electron chi connectivity index (χ3n) is 7.67. The van der Waals surface area contributed by atoms with Gasteiger partial charge in [-0.2, -0.15) is 0 Å². The molecule has 9 atom stereocenters. The van der Waals surface area contributed by atoms with Gasteiger partial charge in [-0.15, -0.1) is 0 Å². The highest BCUT2D eigenvalue weighted by Gasteiger charge is 2.70.